The molecule has 1 aromatic carbocycles. The van der Waals surface area contributed by atoms with Crippen molar-refractivity contribution in [3.05, 3.63) is 34.9 Å². The van der Waals surface area contributed by atoms with E-state index in [0.717, 1.165) is 13.1 Å². The third-order valence-corrected chi connectivity index (χ3v) is 4.07. The quantitative estimate of drug-likeness (QED) is 0.790. The molecule has 1 aliphatic rings. The van der Waals surface area contributed by atoms with E-state index in [-0.39, 0.29) is 6.04 Å². The van der Waals surface area contributed by atoms with Crippen LogP contribution in [-0.2, 0) is 0 Å². The van der Waals surface area contributed by atoms with Gasteiger partial charge in [0.05, 0.1) is 6.07 Å². The molecule has 0 N–H and O–H groups in total. The molecule has 0 bridgehead atoms. The molecule has 0 aliphatic carbocycles. The maximum atomic E-state index is 9.55. The number of rotatable bonds is 2. The number of nitriles is 1. The molecule has 1 aromatic rings. The van der Waals surface area contributed by atoms with E-state index < -0.39 is 0 Å². The molecular weight excluding hydrogens is 220 g/mol. The maximum absolute atomic E-state index is 9.55. The Kier molecular flexibility index (Phi) is 4.38. The fourth-order valence-electron chi connectivity index (χ4n) is 2.77. The molecule has 0 radical (unpaired) electrons. The monoisotopic (exact) mass is 242 g/mol. The van der Waals surface area contributed by atoms with Gasteiger partial charge in [0, 0.05) is 0 Å². The first-order chi connectivity index (χ1) is 8.74. The van der Waals surface area contributed by atoms with Crippen LogP contribution in [0.5, 0.6) is 0 Å². The lowest BCUT2D eigenvalue weighted by Crippen LogP contribution is -2.29. The minimum absolute atomic E-state index is 0.0667. The molecule has 1 atom stereocenters. The molecule has 2 heteroatoms. The van der Waals surface area contributed by atoms with Crippen LogP contribution in [0.2, 0.25) is 0 Å². The van der Waals surface area contributed by atoms with Crippen molar-refractivity contribution in [2.75, 3.05) is 13.1 Å². The summed E-state index contributed by atoms with van der Waals surface area (Å²) in [6, 6.07) is 8.75. The molecule has 1 aliphatic heterocycles. The summed E-state index contributed by atoms with van der Waals surface area (Å²) < 4.78 is 0. The fraction of sp³-hybridized carbons (Fsp3) is 0.562. The fourth-order valence-corrected chi connectivity index (χ4v) is 2.77. The maximum Gasteiger partial charge on any atom is 0.124 e. The largest absolute Gasteiger partial charge is 0.284 e. The van der Waals surface area contributed by atoms with E-state index in [1.165, 1.54) is 42.4 Å². The van der Waals surface area contributed by atoms with E-state index >= 15 is 0 Å². The van der Waals surface area contributed by atoms with E-state index in [4.69, 9.17) is 0 Å². The Labute approximate surface area is 110 Å². The Balaban J connectivity index is 2.27. The van der Waals surface area contributed by atoms with E-state index in [1.807, 2.05) is 0 Å². The van der Waals surface area contributed by atoms with E-state index in [0.29, 0.717) is 0 Å². The average molecular weight is 242 g/mol. The van der Waals surface area contributed by atoms with Crippen LogP contribution in [0, 0.1) is 25.2 Å². The van der Waals surface area contributed by atoms with Crippen LogP contribution in [0.25, 0.3) is 0 Å². The molecule has 1 saturated heterocycles. The van der Waals surface area contributed by atoms with Crippen molar-refractivity contribution in [2.24, 2.45) is 0 Å². The number of aryl methyl sites for hydroxylation is 1. The first kappa shape index (κ1) is 13.1. The highest BCUT2D eigenvalue weighted by Gasteiger charge is 2.22. The van der Waals surface area contributed by atoms with Gasteiger partial charge in [0.2, 0.25) is 0 Å². The predicted molar refractivity (Wildman–Crippen MR) is 74.3 cm³/mol. The van der Waals surface area contributed by atoms with Gasteiger partial charge in [0.1, 0.15) is 6.04 Å². The summed E-state index contributed by atoms with van der Waals surface area (Å²) in [4.78, 5) is 2.36. The van der Waals surface area contributed by atoms with Crippen LogP contribution in [-0.4, -0.2) is 18.0 Å². The smallest absolute Gasteiger partial charge is 0.124 e. The summed E-state index contributed by atoms with van der Waals surface area (Å²) in [5.41, 5.74) is 3.75. The highest BCUT2D eigenvalue weighted by molar-refractivity contribution is 5.37. The highest BCUT2D eigenvalue weighted by Crippen LogP contribution is 2.27. The van der Waals surface area contributed by atoms with Crippen LogP contribution in [0.3, 0.4) is 0 Å². The van der Waals surface area contributed by atoms with Gasteiger partial charge in [-0.05, 0) is 56.5 Å². The molecule has 2 nitrogen and oxygen atoms in total. The minimum atomic E-state index is -0.0667. The third-order valence-electron chi connectivity index (χ3n) is 4.07. The minimum Gasteiger partial charge on any atom is -0.284 e. The standard InChI is InChI=1S/C16H22N2/c1-13-8-7-9-15(14(13)2)16(12-17)18-10-5-3-4-6-11-18/h7-9,16H,3-6,10-11H2,1-2H3. The van der Waals surface area contributed by atoms with Crippen molar-refractivity contribution < 1.29 is 0 Å². The van der Waals surface area contributed by atoms with Gasteiger partial charge in [0.25, 0.3) is 0 Å². The molecule has 0 saturated carbocycles. The lowest BCUT2D eigenvalue weighted by molar-refractivity contribution is 0.245. The van der Waals surface area contributed by atoms with Crippen LogP contribution < -0.4 is 0 Å². The molecule has 1 unspecified atom stereocenters. The highest BCUT2D eigenvalue weighted by atomic mass is 15.2. The number of benzene rings is 1. The summed E-state index contributed by atoms with van der Waals surface area (Å²) in [5.74, 6) is 0. The first-order valence-electron chi connectivity index (χ1n) is 6.94. The zero-order chi connectivity index (χ0) is 13.0. The SMILES string of the molecule is Cc1cccc(C(C#N)N2CCCCCC2)c1C. The topological polar surface area (TPSA) is 27.0 Å². The number of likely N-dealkylation sites (tertiary alicyclic amines) is 1. The Bertz CT molecular complexity index is 437. The van der Waals surface area contributed by atoms with Gasteiger partial charge < -0.3 is 0 Å². The second-order valence-corrected chi connectivity index (χ2v) is 5.27. The van der Waals surface area contributed by atoms with Gasteiger partial charge in [0.15, 0.2) is 0 Å². The Morgan fingerprint density at radius 2 is 1.78 bits per heavy atom. The van der Waals surface area contributed by atoms with Crippen molar-refractivity contribution in [3.8, 4) is 6.07 Å². The first-order valence-corrected chi connectivity index (χ1v) is 6.94. The predicted octanol–water partition coefficient (Wildman–Crippen LogP) is 3.74. The summed E-state index contributed by atoms with van der Waals surface area (Å²) in [6.07, 6.45) is 5.06. The molecule has 1 heterocycles. The molecule has 1 fully saturated rings. The molecule has 0 spiro atoms. The van der Waals surface area contributed by atoms with Crippen LogP contribution >= 0.6 is 0 Å². The summed E-state index contributed by atoms with van der Waals surface area (Å²) in [5, 5.41) is 9.55. The molecular formula is C16H22N2. The normalized spacial score (nSPS) is 18.9. The van der Waals surface area contributed by atoms with Gasteiger partial charge >= 0.3 is 0 Å². The summed E-state index contributed by atoms with van der Waals surface area (Å²) in [6.45, 7) is 6.37. The van der Waals surface area contributed by atoms with Crippen molar-refractivity contribution >= 4 is 0 Å². The van der Waals surface area contributed by atoms with Crippen molar-refractivity contribution in [2.45, 2.75) is 45.6 Å². The van der Waals surface area contributed by atoms with E-state index in [2.05, 4.69) is 43.0 Å². The van der Waals surface area contributed by atoms with Crippen LogP contribution in [0.1, 0.15) is 48.4 Å². The lowest BCUT2D eigenvalue weighted by atomic mass is 9.97. The van der Waals surface area contributed by atoms with E-state index in [9.17, 15) is 5.26 Å². The Morgan fingerprint density at radius 1 is 1.11 bits per heavy atom. The molecule has 96 valence electrons. The van der Waals surface area contributed by atoms with Gasteiger partial charge in [-0.2, -0.15) is 5.26 Å². The average Bonchev–Trinajstić information content (AvgIpc) is 2.64. The molecule has 0 amide bonds. The number of hydrogen-bond acceptors (Lipinski definition) is 2. The van der Waals surface area contributed by atoms with Gasteiger partial charge in [-0.15, -0.1) is 0 Å². The number of nitrogens with zero attached hydrogens (tertiary/aromatic N) is 2. The van der Waals surface area contributed by atoms with Gasteiger partial charge in [-0.1, -0.05) is 31.0 Å². The van der Waals surface area contributed by atoms with Crippen molar-refractivity contribution in [1.29, 1.82) is 5.26 Å². The summed E-state index contributed by atoms with van der Waals surface area (Å²) in [7, 11) is 0. The van der Waals surface area contributed by atoms with Crippen LogP contribution in [0.4, 0.5) is 0 Å². The second kappa shape index (κ2) is 6.02. The summed E-state index contributed by atoms with van der Waals surface area (Å²) >= 11 is 0. The van der Waals surface area contributed by atoms with Gasteiger partial charge in [-0.3, -0.25) is 4.90 Å². The molecule has 18 heavy (non-hydrogen) atoms. The van der Waals surface area contributed by atoms with E-state index in [1.54, 1.807) is 0 Å². The van der Waals surface area contributed by atoms with Gasteiger partial charge in [-0.25, -0.2) is 0 Å². The Morgan fingerprint density at radius 3 is 2.39 bits per heavy atom. The van der Waals surface area contributed by atoms with Crippen LogP contribution in [0.15, 0.2) is 18.2 Å². The second-order valence-electron chi connectivity index (χ2n) is 5.27. The molecule has 2 rings (SSSR count). The zero-order valence-electron chi connectivity index (χ0n) is 11.4. The third kappa shape index (κ3) is 2.73. The molecule has 0 aromatic heterocycles. The number of hydrogen-bond donors (Lipinski definition) is 0. The lowest BCUT2D eigenvalue weighted by Gasteiger charge is -2.27. The van der Waals surface area contributed by atoms with Crippen molar-refractivity contribution in [1.82, 2.24) is 4.90 Å². The zero-order valence-corrected chi connectivity index (χ0v) is 11.4. The van der Waals surface area contributed by atoms with Crippen molar-refractivity contribution in [3.63, 3.8) is 0 Å². The Hall–Kier alpha value is -1.33.